The van der Waals surface area contributed by atoms with Crippen LogP contribution in [0.2, 0.25) is 0 Å². The van der Waals surface area contributed by atoms with Crippen LogP contribution in [0.3, 0.4) is 0 Å². The molecule has 2 atom stereocenters. The van der Waals surface area contributed by atoms with Gasteiger partial charge in [-0.2, -0.15) is 0 Å². The lowest BCUT2D eigenvalue weighted by Gasteiger charge is -2.22. The third-order valence-corrected chi connectivity index (χ3v) is 10.9. The number of hydrogen-bond acceptors (Lipinski definition) is 3. The van der Waals surface area contributed by atoms with E-state index in [1.165, 1.54) is 212 Å². The van der Waals surface area contributed by atoms with Gasteiger partial charge in [0, 0.05) is 6.42 Å². The van der Waals surface area contributed by atoms with Gasteiger partial charge in [0.15, 0.2) is 0 Å². The Balaban J connectivity index is 3.31. The zero-order valence-corrected chi connectivity index (χ0v) is 33.7. The Morgan fingerprint density at radius 3 is 0.918 bits per heavy atom. The van der Waals surface area contributed by atoms with Crippen LogP contribution < -0.4 is 5.32 Å². The first-order valence-corrected chi connectivity index (χ1v) is 22.7. The van der Waals surface area contributed by atoms with E-state index in [-0.39, 0.29) is 12.5 Å². The number of amides is 1. The summed E-state index contributed by atoms with van der Waals surface area (Å²) in [4.78, 5) is 12.3. The van der Waals surface area contributed by atoms with E-state index >= 15 is 0 Å². The van der Waals surface area contributed by atoms with E-state index in [2.05, 4.69) is 19.2 Å². The maximum atomic E-state index is 12.3. The molecule has 0 saturated carbocycles. The molecular weight excluding hydrogens is 602 g/mol. The van der Waals surface area contributed by atoms with Crippen molar-refractivity contribution in [2.45, 2.75) is 276 Å². The highest BCUT2D eigenvalue weighted by Gasteiger charge is 2.20. The van der Waals surface area contributed by atoms with Gasteiger partial charge in [-0.25, -0.2) is 0 Å². The molecule has 0 rings (SSSR count). The van der Waals surface area contributed by atoms with Crippen LogP contribution in [0, 0.1) is 0 Å². The van der Waals surface area contributed by atoms with E-state index in [0.29, 0.717) is 12.8 Å². The predicted molar refractivity (Wildman–Crippen MR) is 216 cm³/mol. The lowest BCUT2D eigenvalue weighted by Crippen LogP contribution is -2.45. The molecule has 0 aliphatic heterocycles. The lowest BCUT2D eigenvalue weighted by molar-refractivity contribution is -0.123. The summed E-state index contributed by atoms with van der Waals surface area (Å²) in [5, 5.41) is 22.9. The number of unbranched alkanes of at least 4 members (excludes halogenated alkanes) is 35. The van der Waals surface area contributed by atoms with Crippen molar-refractivity contribution in [1.82, 2.24) is 5.32 Å². The van der Waals surface area contributed by atoms with Crippen molar-refractivity contribution in [2.75, 3.05) is 6.61 Å². The van der Waals surface area contributed by atoms with Gasteiger partial charge in [0.1, 0.15) is 0 Å². The molecule has 0 bridgehead atoms. The van der Waals surface area contributed by atoms with Crippen LogP contribution in [0.5, 0.6) is 0 Å². The van der Waals surface area contributed by atoms with Crippen LogP contribution >= 0.6 is 0 Å². The van der Waals surface area contributed by atoms with Crippen molar-refractivity contribution < 1.29 is 15.0 Å². The first-order valence-electron chi connectivity index (χ1n) is 22.7. The predicted octanol–water partition coefficient (Wildman–Crippen LogP) is 14.1. The quantitative estimate of drug-likeness (QED) is 0.0557. The molecule has 3 N–H and O–H groups in total. The Kier molecular flexibility index (Phi) is 41.3. The summed E-state index contributed by atoms with van der Waals surface area (Å²) in [6, 6.07) is -0.527. The highest BCUT2D eigenvalue weighted by atomic mass is 16.3. The van der Waals surface area contributed by atoms with Gasteiger partial charge in [-0.15, -0.1) is 0 Å². The summed E-state index contributed by atoms with van der Waals surface area (Å²) in [5.41, 5.74) is 0. The van der Waals surface area contributed by atoms with Crippen molar-refractivity contribution in [3.8, 4) is 0 Å². The van der Waals surface area contributed by atoms with Crippen LogP contribution in [0.1, 0.15) is 264 Å². The summed E-state index contributed by atoms with van der Waals surface area (Å²) in [6.07, 6.45) is 50.8. The van der Waals surface area contributed by atoms with E-state index < -0.39 is 12.1 Å². The summed E-state index contributed by atoms with van der Waals surface area (Å²) in [7, 11) is 0. The monoisotopic (exact) mass is 694 g/mol. The average Bonchev–Trinajstić information content (AvgIpc) is 3.10. The van der Waals surface area contributed by atoms with Crippen LogP contribution in [0.4, 0.5) is 0 Å². The highest BCUT2D eigenvalue weighted by molar-refractivity contribution is 5.76. The molecule has 0 saturated heterocycles. The van der Waals surface area contributed by atoms with Gasteiger partial charge in [0.2, 0.25) is 5.91 Å². The molecule has 2 unspecified atom stereocenters. The third kappa shape index (κ3) is 38.5. The molecule has 0 radical (unpaired) electrons. The molecule has 294 valence electrons. The van der Waals surface area contributed by atoms with Crippen molar-refractivity contribution in [1.29, 1.82) is 0 Å². The van der Waals surface area contributed by atoms with Crippen LogP contribution in [-0.4, -0.2) is 34.9 Å². The van der Waals surface area contributed by atoms with Gasteiger partial charge in [-0.1, -0.05) is 245 Å². The molecule has 0 heterocycles. The largest absolute Gasteiger partial charge is 0.394 e. The molecular formula is C45H91NO3. The molecule has 0 aliphatic rings. The topological polar surface area (TPSA) is 69.6 Å². The molecule has 1 amide bonds. The Morgan fingerprint density at radius 1 is 0.408 bits per heavy atom. The van der Waals surface area contributed by atoms with Crippen LogP contribution in [0.25, 0.3) is 0 Å². The van der Waals surface area contributed by atoms with Gasteiger partial charge in [-0.05, 0) is 12.8 Å². The van der Waals surface area contributed by atoms with Crippen LogP contribution in [-0.2, 0) is 4.79 Å². The average molecular weight is 694 g/mol. The fourth-order valence-corrected chi connectivity index (χ4v) is 7.36. The van der Waals surface area contributed by atoms with Gasteiger partial charge < -0.3 is 15.5 Å². The number of nitrogens with one attached hydrogen (secondary N) is 1. The third-order valence-electron chi connectivity index (χ3n) is 10.9. The van der Waals surface area contributed by atoms with E-state index in [4.69, 9.17) is 0 Å². The van der Waals surface area contributed by atoms with Gasteiger partial charge in [0.05, 0.1) is 18.8 Å². The molecule has 0 aromatic heterocycles. The number of hydrogen-bond donors (Lipinski definition) is 3. The van der Waals surface area contributed by atoms with E-state index in [0.717, 1.165) is 25.7 Å². The maximum Gasteiger partial charge on any atom is 0.220 e. The minimum Gasteiger partial charge on any atom is -0.394 e. The Hall–Kier alpha value is -0.610. The number of carbonyl (C=O) groups excluding carboxylic acids is 1. The molecule has 4 heteroatoms. The second-order valence-electron chi connectivity index (χ2n) is 15.8. The minimum atomic E-state index is -0.650. The van der Waals surface area contributed by atoms with Crippen molar-refractivity contribution in [2.24, 2.45) is 0 Å². The van der Waals surface area contributed by atoms with Gasteiger partial charge in [-0.3, -0.25) is 4.79 Å². The first-order chi connectivity index (χ1) is 24.2. The van der Waals surface area contributed by atoms with Crippen LogP contribution in [0.15, 0.2) is 0 Å². The summed E-state index contributed by atoms with van der Waals surface area (Å²) < 4.78 is 0. The fraction of sp³-hybridized carbons (Fsp3) is 0.978. The second-order valence-corrected chi connectivity index (χ2v) is 15.8. The smallest absolute Gasteiger partial charge is 0.220 e. The zero-order chi connectivity index (χ0) is 35.7. The number of rotatable bonds is 42. The van der Waals surface area contributed by atoms with E-state index in [1.54, 1.807) is 0 Å². The van der Waals surface area contributed by atoms with Gasteiger partial charge in [0.25, 0.3) is 0 Å². The Labute approximate surface area is 308 Å². The van der Waals surface area contributed by atoms with Crippen molar-refractivity contribution >= 4 is 5.91 Å². The minimum absolute atomic E-state index is 0.0297. The lowest BCUT2D eigenvalue weighted by atomic mass is 10.0. The number of aliphatic hydroxyl groups is 2. The highest BCUT2D eigenvalue weighted by Crippen LogP contribution is 2.17. The molecule has 49 heavy (non-hydrogen) atoms. The maximum absolute atomic E-state index is 12.3. The van der Waals surface area contributed by atoms with E-state index in [9.17, 15) is 15.0 Å². The molecule has 0 fully saturated rings. The van der Waals surface area contributed by atoms with Gasteiger partial charge >= 0.3 is 0 Å². The van der Waals surface area contributed by atoms with E-state index in [1.807, 2.05) is 0 Å². The molecule has 4 nitrogen and oxygen atoms in total. The number of carbonyl (C=O) groups is 1. The Morgan fingerprint density at radius 2 is 0.653 bits per heavy atom. The van der Waals surface area contributed by atoms with Crippen molar-refractivity contribution in [3.05, 3.63) is 0 Å². The fourth-order valence-electron chi connectivity index (χ4n) is 7.36. The second kappa shape index (κ2) is 41.8. The summed E-state index contributed by atoms with van der Waals surface area (Å²) in [5.74, 6) is -0.0297. The summed E-state index contributed by atoms with van der Waals surface area (Å²) >= 11 is 0. The molecule has 0 aliphatic carbocycles. The standard InChI is InChI=1S/C45H91NO3/c1-3-5-7-9-11-12-13-14-15-16-17-18-19-20-21-22-23-24-25-26-27-28-29-30-31-32-33-35-37-39-41-45(49)46-43(42-47)44(48)40-38-36-34-10-8-6-4-2/h43-44,47-48H,3-42H2,1-2H3,(H,46,49). The van der Waals surface area contributed by atoms with Crippen molar-refractivity contribution in [3.63, 3.8) is 0 Å². The normalized spacial score (nSPS) is 12.8. The SMILES string of the molecule is CCCCCCCCCCCCCCCCCCCCCCCCCCCCCCCCC(=O)NC(CO)C(O)CCCCCCCCC. The molecule has 0 spiro atoms. The zero-order valence-electron chi connectivity index (χ0n) is 33.7. The Bertz CT molecular complexity index is 626. The molecule has 0 aromatic rings. The number of aliphatic hydroxyl groups excluding tert-OH is 2. The summed E-state index contributed by atoms with van der Waals surface area (Å²) in [6.45, 7) is 4.34. The molecule has 0 aromatic carbocycles. The first kappa shape index (κ1) is 48.4.